The summed E-state index contributed by atoms with van der Waals surface area (Å²) in [6.07, 6.45) is 8.66. The van der Waals surface area contributed by atoms with Crippen LogP contribution in [0.4, 0.5) is 5.69 Å². The highest BCUT2D eigenvalue weighted by Crippen LogP contribution is 2.20. The largest absolute Gasteiger partial charge is 0.387 e. The van der Waals surface area contributed by atoms with Crippen LogP contribution in [0.1, 0.15) is 60.9 Å². The predicted molar refractivity (Wildman–Crippen MR) is 84.3 cm³/mol. The number of benzene rings is 1. The molecule has 1 saturated carbocycles. The first-order valence-electron chi connectivity index (χ1n) is 7.80. The summed E-state index contributed by atoms with van der Waals surface area (Å²) in [5.74, 6) is 0.0555. The van der Waals surface area contributed by atoms with E-state index in [4.69, 9.17) is 0 Å². The van der Waals surface area contributed by atoms with E-state index < -0.39 is 0 Å². The number of anilines is 1. The molecule has 3 nitrogen and oxygen atoms in total. The first-order valence-corrected chi connectivity index (χ1v) is 7.80. The number of amides is 1. The predicted octanol–water partition coefficient (Wildman–Crippen LogP) is 3.88. The fourth-order valence-electron chi connectivity index (χ4n) is 2.93. The van der Waals surface area contributed by atoms with Crippen LogP contribution in [0.2, 0.25) is 0 Å². The first-order chi connectivity index (χ1) is 9.70. The lowest BCUT2D eigenvalue weighted by Crippen LogP contribution is -2.35. The van der Waals surface area contributed by atoms with Crippen molar-refractivity contribution in [2.24, 2.45) is 0 Å². The number of hydrogen-bond donors (Lipinski definition) is 2. The zero-order valence-electron chi connectivity index (χ0n) is 12.7. The molecular formula is C17H26N2O. The highest BCUT2D eigenvalue weighted by atomic mass is 16.1. The van der Waals surface area contributed by atoms with Gasteiger partial charge in [0, 0.05) is 18.8 Å². The Kier molecular flexibility index (Phi) is 5.45. The summed E-state index contributed by atoms with van der Waals surface area (Å²) in [5.41, 5.74) is 2.82. The number of nitrogens with one attached hydrogen (secondary N) is 2. The van der Waals surface area contributed by atoms with Crippen molar-refractivity contribution in [1.29, 1.82) is 0 Å². The second-order valence-corrected chi connectivity index (χ2v) is 5.81. The molecule has 0 saturated heterocycles. The highest BCUT2D eigenvalue weighted by molar-refractivity contribution is 5.99. The Labute approximate surface area is 122 Å². The van der Waals surface area contributed by atoms with E-state index in [0.29, 0.717) is 6.04 Å². The van der Waals surface area contributed by atoms with Crippen LogP contribution in [0.25, 0.3) is 0 Å². The number of carbonyl (C=O) groups excluding carboxylic acids is 1. The fraction of sp³-hybridized carbons (Fsp3) is 0.588. The fourth-order valence-corrected chi connectivity index (χ4v) is 2.93. The molecule has 0 unspecified atom stereocenters. The van der Waals surface area contributed by atoms with Crippen LogP contribution >= 0.6 is 0 Å². The van der Waals surface area contributed by atoms with Gasteiger partial charge >= 0.3 is 0 Å². The zero-order valence-corrected chi connectivity index (χ0v) is 12.7. The van der Waals surface area contributed by atoms with Crippen LogP contribution in [-0.2, 0) is 0 Å². The van der Waals surface area contributed by atoms with Crippen LogP contribution in [-0.4, -0.2) is 19.0 Å². The summed E-state index contributed by atoms with van der Waals surface area (Å²) < 4.78 is 0. The van der Waals surface area contributed by atoms with E-state index in [-0.39, 0.29) is 5.91 Å². The number of aryl methyl sites for hydroxylation is 1. The lowest BCUT2D eigenvalue weighted by molar-refractivity contribution is 0.0931. The van der Waals surface area contributed by atoms with E-state index in [9.17, 15) is 4.79 Å². The number of carbonyl (C=O) groups is 1. The van der Waals surface area contributed by atoms with Crippen LogP contribution in [0.3, 0.4) is 0 Å². The summed E-state index contributed by atoms with van der Waals surface area (Å²) in [6, 6.07) is 6.27. The Morgan fingerprint density at radius 1 is 1.10 bits per heavy atom. The molecule has 0 heterocycles. The van der Waals surface area contributed by atoms with Crippen LogP contribution < -0.4 is 10.6 Å². The normalized spacial score (nSPS) is 17.1. The lowest BCUT2D eigenvalue weighted by Gasteiger charge is -2.21. The molecule has 1 amide bonds. The van der Waals surface area contributed by atoms with Gasteiger partial charge in [-0.15, -0.1) is 0 Å². The smallest absolute Gasteiger partial charge is 0.253 e. The molecule has 1 fully saturated rings. The number of hydrogen-bond acceptors (Lipinski definition) is 2. The molecule has 2 rings (SSSR count). The molecule has 0 aromatic heterocycles. The summed E-state index contributed by atoms with van der Waals surface area (Å²) >= 11 is 0. The van der Waals surface area contributed by atoms with E-state index in [1.807, 2.05) is 32.2 Å². The third-order valence-corrected chi connectivity index (χ3v) is 4.13. The standard InChI is InChI=1S/C17H26N2O/c1-13-10-11-15(16(12-13)18-2)17(20)19-14-8-6-4-3-5-7-9-14/h10-12,14,18H,3-9H2,1-2H3,(H,19,20). The van der Waals surface area contributed by atoms with Crippen LogP contribution in [0.5, 0.6) is 0 Å². The molecule has 1 aromatic rings. The summed E-state index contributed by atoms with van der Waals surface area (Å²) in [5, 5.41) is 6.33. The average molecular weight is 274 g/mol. The Hall–Kier alpha value is -1.51. The molecule has 110 valence electrons. The van der Waals surface area contributed by atoms with Gasteiger partial charge in [-0.1, -0.05) is 38.2 Å². The summed E-state index contributed by atoms with van der Waals surface area (Å²) in [6.45, 7) is 2.04. The molecule has 0 atom stereocenters. The maximum atomic E-state index is 12.5. The van der Waals surface area contributed by atoms with Gasteiger partial charge in [0.1, 0.15) is 0 Å². The molecule has 0 spiro atoms. The topological polar surface area (TPSA) is 41.1 Å². The van der Waals surface area contributed by atoms with Crippen molar-refractivity contribution in [3.63, 3.8) is 0 Å². The third-order valence-electron chi connectivity index (χ3n) is 4.13. The Balaban J connectivity index is 2.03. The van der Waals surface area contributed by atoms with Crippen molar-refractivity contribution in [3.8, 4) is 0 Å². The Bertz CT molecular complexity index is 448. The summed E-state index contributed by atoms with van der Waals surface area (Å²) in [7, 11) is 1.86. The minimum atomic E-state index is 0.0555. The molecule has 1 aromatic carbocycles. The lowest BCUT2D eigenvalue weighted by atomic mass is 9.96. The molecule has 1 aliphatic rings. The van der Waals surface area contributed by atoms with E-state index >= 15 is 0 Å². The summed E-state index contributed by atoms with van der Waals surface area (Å²) in [4.78, 5) is 12.5. The number of rotatable bonds is 3. The van der Waals surface area contributed by atoms with Gasteiger partial charge < -0.3 is 10.6 Å². The van der Waals surface area contributed by atoms with Gasteiger partial charge in [-0.2, -0.15) is 0 Å². The van der Waals surface area contributed by atoms with E-state index in [1.54, 1.807) is 0 Å². The van der Waals surface area contributed by atoms with Gasteiger partial charge in [0.2, 0.25) is 0 Å². The molecule has 0 radical (unpaired) electrons. The second-order valence-electron chi connectivity index (χ2n) is 5.81. The molecule has 0 aliphatic heterocycles. The minimum Gasteiger partial charge on any atom is -0.387 e. The van der Waals surface area contributed by atoms with Crippen molar-refractivity contribution in [1.82, 2.24) is 5.32 Å². The average Bonchev–Trinajstić information content (AvgIpc) is 2.41. The van der Waals surface area contributed by atoms with Crippen LogP contribution in [0.15, 0.2) is 18.2 Å². The quantitative estimate of drug-likeness (QED) is 0.878. The van der Waals surface area contributed by atoms with Crippen molar-refractivity contribution < 1.29 is 4.79 Å². The van der Waals surface area contributed by atoms with Gasteiger partial charge in [-0.3, -0.25) is 4.79 Å². The van der Waals surface area contributed by atoms with Gasteiger partial charge in [0.15, 0.2) is 0 Å². The zero-order chi connectivity index (χ0) is 14.4. The van der Waals surface area contributed by atoms with Gasteiger partial charge in [-0.25, -0.2) is 0 Å². The molecular weight excluding hydrogens is 248 g/mol. The van der Waals surface area contributed by atoms with Gasteiger partial charge in [0.25, 0.3) is 5.91 Å². The van der Waals surface area contributed by atoms with Crippen molar-refractivity contribution in [2.45, 2.75) is 57.9 Å². The van der Waals surface area contributed by atoms with Crippen molar-refractivity contribution >= 4 is 11.6 Å². The minimum absolute atomic E-state index is 0.0555. The van der Waals surface area contributed by atoms with Crippen molar-refractivity contribution in [3.05, 3.63) is 29.3 Å². The van der Waals surface area contributed by atoms with Crippen LogP contribution in [0, 0.1) is 6.92 Å². The first kappa shape index (κ1) is 14.9. The molecule has 2 N–H and O–H groups in total. The Morgan fingerprint density at radius 2 is 1.75 bits per heavy atom. The molecule has 0 bridgehead atoms. The molecule has 20 heavy (non-hydrogen) atoms. The third kappa shape index (κ3) is 3.99. The maximum Gasteiger partial charge on any atom is 0.253 e. The van der Waals surface area contributed by atoms with E-state index in [1.165, 1.54) is 32.1 Å². The van der Waals surface area contributed by atoms with E-state index in [0.717, 1.165) is 29.7 Å². The molecule has 3 heteroatoms. The Morgan fingerprint density at radius 3 is 2.40 bits per heavy atom. The van der Waals surface area contributed by atoms with Crippen molar-refractivity contribution in [2.75, 3.05) is 12.4 Å². The SMILES string of the molecule is CNc1cc(C)ccc1C(=O)NC1CCCCCCC1. The highest BCUT2D eigenvalue weighted by Gasteiger charge is 2.17. The van der Waals surface area contributed by atoms with E-state index in [2.05, 4.69) is 10.6 Å². The van der Waals surface area contributed by atoms with Gasteiger partial charge in [-0.05, 0) is 37.5 Å². The molecule has 1 aliphatic carbocycles. The maximum absolute atomic E-state index is 12.5. The van der Waals surface area contributed by atoms with Gasteiger partial charge in [0.05, 0.1) is 5.56 Å². The monoisotopic (exact) mass is 274 g/mol. The second kappa shape index (κ2) is 7.32.